The Morgan fingerprint density at radius 2 is 1.81 bits per heavy atom. The molecule has 1 aliphatic heterocycles. The third-order valence-corrected chi connectivity index (χ3v) is 5.00. The molecule has 142 valence electrons. The molecule has 0 unspecified atom stereocenters. The molecule has 0 N–H and O–H groups in total. The smallest absolute Gasteiger partial charge is 0.397 e. The summed E-state index contributed by atoms with van der Waals surface area (Å²) >= 11 is 0. The number of aromatic nitrogens is 2. The SMILES string of the molecule is CC(C)(c1ccc(OC[C@@H]2Cn3c(nc4ccccc43)O2)cc1)C(F)(F)F. The number of rotatable bonds is 4. The van der Waals surface area contributed by atoms with Crippen LogP contribution < -0.4 is 9.47 Å². The number of fused-ring (bicyclic) bond motifs is 3. The first-order chi connectivity index (χ1) is 12.8. The van der Waals surface area contributed by atoms with Crippen LogP contribution >= 0.6 is 0 Å². The Morgan fingerprint density at radius 3 is 2.52 bits per heavy atom. The van der Waals surface area contributed by atoms with Crippen LogP contribution in [0.25, 0.3) is 11.0 Å². The van der Waals surface area contributed by atoms with Gasteiger partial charge in [0.1, 0.15) is 12.4 Å². The molecule has 0 bridgehead atoms. The first kappa shape index (κ1) is 17.7. The fourth-order valence-electron chi connectivity index (χ4n) is 3.12. The molecule has 3 aromatic rings. The molecule has 0 amide bonds. The first-order valence-electron chi connectivity index (χ1n) is 8.68. The van der Waals surface area contributed by atoms with E-state index in [1.807, 2.05) is 28.8 Å². The number of ether oxygens (including phenoxy) is 2. The number of benzene rings is 2. The first-order valence-corrected chi connectivity index (χ1v) is 8.68. The van der Waals surface area contributed by atoms with Crippen molar-refractivity contribution < 1.29 is 22.6 Å². The zero-order valence-corrected chi connectivity index (χ0v) is 15.0. The maximum Gasteiger partial charge on any atom is 0.397 e. The lowest BCUT2D eigenvalue weighted by molar-refractivity contribution is -0.180. The fourth-order valence-corrected chi connectivity index (χ4v) is 3.12. The van der Waals surface area contributed by atoms with Crippen LogP contribution in [0, 0.1) is 0 Å². The van der Waals surface area contributed by atoms with Crippen LogP contribution in [0.5, 0.6) is 11.8 Å². The lowest BCUT2D eigenvalue weighted by Crippen LogP contribution is -2.36. The number of nitrogens with zero attached hydrogens (tertiary/aromatic N) is 2. The van der Waals surface area contributed by atoms with E-state index in [9.17, 15) is 13.2 Å². The van der Waals surface area contributed by atoms with Gasteiger partial charge >= 0.3 is 6.18 Å². The highest BCUT2D eigenvalue weighted by Gasteiger charge is 2.48. The Hall–Kier alpha value is -2.70. The normalized spacial score (nSPS) is 17.0. The van der Waals surface area contributed by atoms with Gasteiger partial charge in [-0.1, -0.05) is 24.3 Å². The third-order valence-electron chi connectivity index (χ3n) is 5.00. The highest BCUT2D eigenvalue weighted by atomic mass is 19.4. The molecule has 2 heterocycles. The molecule has 0 spiro atoms. The van der Waals surface area contributed by atoms with E-state index in [0.29, 0.717) is 24.9 Å². The van der Waals surface area contributed by atoms with Crippen molar-refractivity contribution in [1.29, 1.82) is 0 Å². The Labute approximate surface area is 154 Å². The molecule has 1 aromatic heterocycles. The second-order valence-corrected chi connectivity index (χ2v) is 7.19. The fraction of sp³-hybridized carbons (Fsp3) is 0.350. The third kappa shape index (κ3) is 3.11. The molecule has 1 atom stereocenters. The molecule has 1 aliphatic rings. The number of alkyl halides is 3. The molecule has 4 rings (SSSR count). The molecule has 0 aliphatic carbocycles. The maximum atomic E-state index is 13.1. The lowest BCUT2D eigenvalue weighted by Gasteiger charge is -2.28. The Morgan fingerprint density at radius 1 is 1.11 bits per heavy atom. The summed E-state index contributed by atoms with van der Waals surface area (Å²) in [6, 6.07) is 14.4. The van der Waals surface area contributed by atoms with Crippen molar-refractivity contribution in [2.45, 2.75) is 38.1 Å². The van der Waals surface area contributed by atoms with E-state index in [4.69, 9.17) is 9.47 Å². The second-order valence-electron chi connectivity index (χ2n) is 7.19. The molecular weight excluding hydrogens is 357 g/mol. The molecule has 0 saturated carbocycles. The molecule has 2 aromatic carbocycles. The van der Waals surface area contributed by atoms with E-state index in [-0.39, 0.29) is 11.7 Å². The minimum Gasteiger partial charge on any atom is -0.490 e. The summed E-state index contributed by atoms with van der Waals surface area (Å²) < 4.78 is 52.9. The molecule has 0 fully saturated rings. The summed E-state index contributed by atoms with van der Waals surface area (Å²) in [5.41, 5.74) is 0.186. The Kier molecular flexibility index (Phi) is 4.05. The van der Waals surface area contributed by atoms with Gasteiger partial charge in [0.2, 0.25) is 0 Å². The van der Waals surface area contributed by atoms with Gasteiger partial charge in [-0.15, -0.1) is 0 Å². The minimum atomic E-state index is -4.31. The van der Waals surface area contributed by atoms with Gasteiger partial charge in [0.25, 0.3) is 6.01 Å². The quantitative estimate of drug-likeness (QED) is 0.661. The van der Waals surface area contributed by atoms with Gasteiger partial charge in [-0.05, 0) is 43.7 Å². The second kappa shape index (κ2) is 6.18. The van der Waals surface area contributed by atoms with Gasteiger partial charge in [0.05, 0.1) is 23.0 Å². The zero-order valence-electron chi connectivity index (χ0n) is 15.0. The van der Waals surface area contributed by atoms with Crippen LogP contribution in [-0.4, -0.2) is 28.4 Å². The topological polar surface area (TPSA) is 36.3 Å². The van der Waals surface area contributed by atoms with Gasteiger partial charge in [0.15, 0.2) is 6.10 Å². The van der Waals surface area contributed by atoms with Crippen LogP contribution in [0.1, 0.15) is 19.4 Å². The number of hydrogen-bond donors (Lipinski definition) is 0. The summed E-state index contributed by atoms with van der Waals surface area (Å²) in [5.74, 6) is 0.509. The molecule has 27 heavy (non-hydrogen) atoms. The van der Waals surface area contributed by atoms with Crippen molar-refractivity contribution in [2.75, 3.05) is 6.61 Å². The summed E-state index contributed by atoms with van der Waals surface area (Å²) in [5, 5.41) is 0. The lowest BCUT2D eigenvalue weighted by atomic mass is 9.84. The standard InChI is InChI=1S/C20H19F3N2O2/c1-19(2,20(21,22)23)13-7-9-14(10-8-13)26-12-15-11-25-17-6-4-3-5-16(17)24-18(25)27-15/h3-10,15H,11-12H2,1-2H3/t15-/m0/s1. The predicted octanol–water partition coefficient (Wildman–Crippen LogP) is 4.72. The predicted molar refractivity (Wildman–Crippen MR) is 95.2 cm³/mol. The van der Waals surface area contributed by atoms with Crippen molar-refractivity contribution in [3.8, 4) is 11.8 Å². The molecule has 0 radical (unpaired) electrons. The van der Waals surface area contributed by atoms with E-state index < -0.39 is 11.6 Å². The number of imidazole rings is 1. The van der Waals surface area contributed by atoms with Gasteiger partial charge in [0, 0.05) is 0 Å². The minimum absolute atomic E-state index is 0.191. The maximum absolute atomic E-state index is 13.1. The van der Waals surface area contributed by atoms with E-state index >= 15 is 0 Å². The van der Waals surface area contributed by atoms with Crippen molar-refractivity contribution in [3.05, 3.63) is 54.1 Å². The van der Waals surface area contributed by atoms with Crippen molar-refractivity contribution in [3.63, 3.8) is 0 Å². The van der Waals surface area contributed by atoms with Gasteiger partial charge in [-0.3, -0.25) is 4.57 Å². The van der Waals surface area contributed by atoms with Crippen LogP contribution in [0.2, 0.25) is 0 Å². The van der Waals surface area contributed by atoms with E-state index in [0.717, 1.165) is 11.0 Å². The Balaban J connectivity index is 1.40. The van der Waals surface area contributed by atoms with E-state index in [2.05, 4.69) is 4.98 Å². The van der Waals surface area contributed by atoms with Crippen LogP contribution in [0.3, 0.4) is 0 Å². The van der Waals surface area contributed by atoms with Gasteiger partial charge < -0.3 is 9.47 Å². The number of para-hydroxylation sites is 2. The Bertz CT molecular complexity index is 962. The van der Waals surface area contributed by atoms with Crippen molar-refractivity contribution in [1.82, 2.24) is 9.55 Å². The molecule has 0 saturated heterocycles. The number of hydrogen-bond acceptors (Lipinski definition) is 3. The molecule has 4 nitrogen and oxygen atoms in total. The summed E-state index contributed by atoms with van der Waals surface area (Å²) in [6.45, 7) is 3.25. The van der Waals surface area contributed by atoms with Crippen LogP contribution in [0.4, 0.5) is 13.2 Å². The average Bonchev–Trinajstić information content (AvgIpc) is 3.16. The zero-order chi connectivity index (χ0) is 19.2. The van der Waals surface area contributed by atoms with E-state index in [1.165, 1.54) is 26.0 Å². The average molecular weight is 376 g/mol. The summed E-state index contributed by atoms with van der Waals surface area (Å²) in [4.78, 5) is 4.44. The largest absolute Gasteiger partial charge is 0.490 e. The molecule has 7 heteroatoms. The van der Waals surface area contributed by atoms with Gasteiger partial charge in [-0.25, -0.2) is 0 Å². The van der Waals surface area contributed by atoms with Crippen LogP contribution in [-0.2, 0) is 12.0 Å². The number of halogens is 3. The monoisotopic (exact) mass is 376 g/mol. The van der Waals surface area contributed by atoms with Crippen molar-refractivity contribution >= 4 is 11.0 Å². The van der Waals surface area contributed by atoms with Gasteiger partial charge in [-0.2, -0.15) is 18.2 Å². The van der Waals surface area contributed by atoms with Crippen molar-refractivity contribution in [2.24, 2.45) is 0 Å². The molecular formula is C20H19F3N2O2. The van der Waals surface area contributed by atoms with E-state index in [1.54, 1.807) is 12.1 Å². The summed E-state index contributed by atoms with van der Waals surface area (Å²) in [6.07, 6.45) is -4.50. The van der Waals surface area contributed by atoms with Crippen LogP contribution in [0.15, 0.2) is 48.5 Å². The highest BCUT2D eigenvalue weighted by molar-refractivity contribution is 5.76. The highest BCUT2D eigenvalue weighted by Crippen LogP contribution is 2.40. The summed E-state index contributed by atoms with van der Waals surface area (Å²) in [7, 11) is 0.